The van der Waals surface area contributed by atoms with Crippen molar-refractivity contribution in [2.45, 2.75) is 6.61 Å². The minimum atomic E-state index is -0.849. The number of phenolic OH excluding ortho intramolecular Hbond substituents is 3. The van der Waals surface area contributed by atoms with Crippen LogP contribution in [0.1, 0.15) is 5.56 Å². The van der Waals surface area contributed by atoms with E-state index in [0.717, 1.165) is 22.9 Å². The van der Waals surface area contributed by atoms with Crippen LogP contribution in [0.3, 0.4) is 0 Å². The van der Waals surface area contributed by atoms with Crippen molar-refractivity contribution < 1.29 is 29.6 Å². The lowest BCUT2D eigenvalue weighted by Gasteiger charge is -2.11. The molecule has 5 aromatic rings. The van der Waals surface area contributed by atoms with Crippen LogP contribution in [-0.4, -0.2) is 25.4 Å². The van der Waals surface area contributed by atoms with E-state index in [1.807, 2.05) is 42.5 Å². The fraction of sp³-hybridized carbons (Fsp3) is 0.0370. The summed E-state index contributed by atoms with van der Waals surface area (Å²) in [5, 5.41) is 39.9. The van der Waals surface area contributed by atoms with Crippen LogP contribution < -0.4 is 10.2 Å². The van der Waals surface area contributed by atoms with E-state index in [1.54, 1.807) is 6.20 Å². The van der Waals surface area contributed by atoms with Gasteiger partial charge in [0.1, 0.15) is 29.1 Å². The van der Waals surface area contributed by atoms with Gasteiger partial charge >= 0.3 is 0 Å². The second kappa shape index (κ2) is 8.75. The second-order valence-corrected chi connectivity index (χ2v) is 7.83. The minimum Gasteiger partial charge on any atom is -0.507 e. The number of aromatic nitrogens is 1. The third-order valence-corrected chi connectivity index (χ3v) is 5.46. The van der Waals surface area contributed by atoms with Crippen molar-refractivity contribution in [2.24, 2.45) is 0 Å². The van der Waals surface area contributed by atoms with E-state index in [0.29, 0.717) is 0 Å². The highest BCUT2D eigenvalue weighted by atomic mass is 16.5. The van der Waals surface area contributed by atoms with E-state index in [-0.39, 0.29) is 40.4 Å². The lowest BCUT2D eigenvalue weighted by Crippen LogP contribution is -2.04. The Balaban J connectivity index is 1.44. The molecule has 0 aliphatic rings. The molecule has 35 heavy (non-hydrogen) atoms. The van der Waals surface area contributed by atoms with E-state index in [1.165, 1.54) is 24.3 Å². The molecule has 0 aliphatic carbocycles. The van der Waals surface area contributed by atoms with Gasteiger partial charge in [0.15, 0.2) is 17.3 Å². The summed E-state index contributed by atoms with van der Waals surface area (Å²) < 4.78 is 11.5. The highest BCUT2D eigenvalue weighted by Gasteiger charge is 2.20. The van der Waals surface area contributed by atoms with Gasteiger partial charge in [-0.2, -0.15) is 0 Å². The lowest BCUT2D eigenvalue weighted by atomic mass is 10.1. The van der Waals surface area contributed by atoms with Gasteiger partial charge in [-0.15, -0.1) is 0 Å². The number of pyridine rings is 1. The molecule has 8 heteroatoms. The van der Waals surface area contributed by atoms with Crippen molar-refractivity contribution in [3.05, 3.63) is 94.8 Å². The minimum absolute atomic E-state index is 0.0251. The number of hydrogen-bond donors (Lipinski definition) is 4. The Hall–Kier alpha value is -4.98. The first-order chi connectivity index (χ1) is 16.9. The highest BCUT2D eigenvalue weighted by Crippen LogP contribution is 2.38. The highest BCUT2D eigenvalue weighted by molar-refractivity contribution is 5.88. The van der Waals surface area contributed by atoms with Crippen LogP contribution in [0.4, 0.5) is 0 Å². The van der Waals surface area contributed by atoms with Gasteiger partial charge in [-0.25, -0.2) is 0 Å². The maximum atomic E-state index is 12.7. The topological polar surface area (TPSA) is 133 Å². The van der Waals surface area contributed by atoms with Crippen LogP contribution in [-0.2, 0) is 6.61 Å². The van der Waals surface area contributed by atoms with Crippen molar-refractivity contribution in [3.63, 3.8) is 0 Å². The fourth-order valence-corrected chi connectivity index (χ4v) is 3.66. The Morgan fingerprint density at radius 3 is 2.31 bits per heavy atom. The first-order valence-electron chi connectivity index (χ1n) is 10.6. The van der Waals surface area contributed by atoms with Crippen molar-refractivity contribution in [1.82, 2.24) is 4.98 Å². The van der Waals surface area contributed by atoms with Gasteiger partial charge in [-0.3, -0.25) is 9.78 Å². The summed E-state index contributed by atoms with van der Waals surface area (Å²) in [6, 6.07) is 19.9. The summed E-state index contributed by atoms with van der Waals surface area (Å²) in [5.74, 6) is -1.96. The molecule has 0 unspecified atom stereocenters. The summed E-state index contributed by atoms with van der Waals surface area (Å²) in [7, 11) is 0. The third kappa shape index (κ3) is 4.20. The molecular formula is C27H19NO7. The first-order valence-corrected chi connectivity index (χ1v) is 10.6. The average Bonchev–Trinajstić information content (AvgIpc) is 2.87. The molecule has 174 valence electrons. The molecule has 0 radical (unpaired) electrons. The maximum absolute atomic E-state index is 12.7. The fourth-order valence-electron chi connectivity index (χ4n) is 3.66. The molecule has 3 aromatic carbocycles. The summed E-state index contributed by atoms with van der Waals surface area (Å²) in [6.07, 6.45) is 1.69. The molecule has 0 spiro atoms. The molecule has 2 aromatic heterocycles. The van der Waals surface area contributed by atoms with E-state index in [9.17, 15) is 25.2 Å². The summed E-state index contributed by atoms with van der Waals surface area (Å²) in [6.45, 7) is 0.147. The van der Waals surface area contributed by atoms with Crippen LogP contribution in [0.15, 0.2) is 88.2 Å². The molecular weight excluding hydrogens is 450 g/mol. The predicted octanol–water partition coefficient (Wildman–Crippen LogP) is 4.92. The van der Waals surface area contributed by atoms with Gasteiger partial charge in [-0.1, -0.05) is 36.4 Å². The largest absolute Gasteiger partial charge is 0.507 e. The second-order valence-electron chi connectivity index (χ2n) is 7.83. The van der Waals surface area contributed by atoms with Crippen LogP contribution in [0.5, 0.6) is 28.7 Å². The van der Waals surface area contributed by atoms with E-state index >= 15 is 0 Å². The van der Waals surface area contributed by atoms with Crippen LogP contribution in [0, 0.1) is 0 Å². The quantitative estimate of drug-likeness (QED) is 0.267. The number of nitrogens with zero attached hydrogens (tertiary/aromatic N) is 1. The van der Waals surface area contributed by atoms with Gasteiger partial charge in [-0.05, 0) is 24.3 Å². The molecule has 0 fully saturated rings. The Kier molecular flexibility index (Phi) is 5.46. The number of rotatable bonds is 5. The Bertz CT molecular complexity index is 1590. The van der Waals surface area contributed by atoms with Gasteiger partial charge in [0.2, 0.25) is 11.2 Å². The van der Waals surface area contributed by atoms with Gasteiger partial charge in [0.05, 0.1) is 5.69 Å². The lowest BCUT2D eigenvalue weighted by molar-refractivity contribution is 0.304. The smallest absolute Gasteiger partial charge is 0.238 e. The molecule has 0 aliphatic heterocycles. The number of aromatic hydroxyl groups is 4. The van der Waals surface area contributed by atoms with Crippen molar-refractivity contribution in [3.8, 4) is 51.3 Å². The van der Waals surface area contributed by atoms with Gasteiger partial charge < -0.3 is 29.6 Å². The molecule has 8 nitrogen and oxygen atoms in total. The molecule has 0 atom stereocenters. The molecule has 5 rings (SSSR count). The third-order valence-electron chi connectivity index (χ3n) is 5.46. The Labute approximate surface area is 198 Å². The van der Waals surface area contributed by atoms with Crippen LogP contribution in [0.25, 0.3) is 33.6 Å². The summed E-state index contributed by atoms with van der Waals surface area (Å²) >= 11 is 0. The van der Waals surface area contributed by atoms with Crippen LogP contribution >= 0.6 is 0 Å². The zero-order chi connectivity index (χ0) is 24.5. The molecule has 2 heterocycles. The number of hydrogen-bond acceptors (Lipinski definition) is 8. The summed E-state index contributed by atoms with van der Waals surface area (Å²) in [4.78, 5) is 17.2. The monoisotopic (exact) mass is 469 g/mol. The standard InChI is InChI=1S/C27H19NO7/c29-20-9-7-17(10-21(20)30)27-26(33)25(32)24-22(31)11-18(12-23(24)35-27)34-14-15-6-8-19(28-13-15)16-4-2-1-3-5-16/h1-13,29-31,33H,14H2. The van der Waals surface area contributed by atoms with Gasteiger partial charge in [0, 0.05) is 35.0 Å². The Morgan fingerprint density at radius 1 is 0.800 bits per heavy atom. The maximum Gasteiger partial charge on any atom is 0.238 e. The molecule has 0 bridgehead atoms. The van der Waals surface area contributed by atoms with Crippen molar-refractivity contribution in [1.29, 1.82) is 0 Å². The normalized spacial score (nSPS) is 11.0. The predicted molar refractivity (Wildman–Crippen MR) is 129 cm³/mol. The molecule has 0 saturated carbocycles. The van der Waals surface area contributed by atoms with Gasteiger partial charge in [0.25, 0.3) is 0 Å². The van der Waals surface area contributed by atoms with Crippen molar-refractivity contribution >= 4 is 11.0 Å². The molecule has 0 amide bonds. The zero-order valence-electron chi connectivity index (χ0n) is 18.2. The molecule has 0 saturated heterocycles. The van der Waals surface area contributed by atoms with E-state index in [4.69, 9.17) is 9.15 Å². The van der Waals surface area contributed by atoms with E-state index < -0.39 is 22.7 Å². The number of fused-ring (bicyclic) bond motifs is 1. The first kappa shape index (κ1) is 21.8. The van der Waals surface area contributed by atoms with E-state index in [2.05, 4.69) is 4.98 Å². The number of benzene rings is 3. The summed E-state index contributed by atoms with van der Waals surface area (Å²) in [5.41, 5.74) is 1.90. The number of ether oxygens (including phenoxy) is 1. The zero-order valence-corrected chi connectivity index (χ0v) is 18.2. The van der Waals surface area contributed by atoms with Crippen molar-refractivity contribution in [2.75, 3.05) is 0 Å². The Morgan fingerprint density at radius 2 is 1.60 bits per heavy atom. The molecule has 4 N–H and O–H groups in total. The average molecular weight is 469 g/mol. The number of phenols is 3. The SMILES string of the molecule is O=c1c(O)c(-c2ccc(O)c(O)c2)oc2cc(OCc3ccc(-c4ccccc4)nc3)cc(O)c12. The van der Waals surface area contributed by atoms with Crippen LogP contribution in [0.2, 0.25) is 0 Å².